The number of nitrogens with zero attached hydrogens (tertiary/aromatic N) is 3. The van der Waals surface area contributed by atoms with E-state index in [1.54, 1.807) is 43.1 Å². The predicted molar refractivity (Wildman–Crippen MR) is 93.5 cm³/mol. The van der Waals surface area contributed by atoms with Crippen molar-refractivity contribution in [1.82, 2.24) is 9.21 Å². The van der Waals surface area contributed by atoms with E-state index in [-0.39, 0.29) is 11.9 Å². The van der Waals surface area contributed by atoms with E-state index >= 15 is 0 Å². The third kappa shape index (κ3) is 4.94. The number of piperidine rings is 1. The van der Waals surface area contributed by atoms with E-state index in [2.05, 4.69) is 0 Å². The van der Waals surface area contributed by atoms with Gasteiger partial charge >= 0.3 is 0 Å². The van der Waals surface area contributed by atoms with Gasteiger partial charge in [0.1, 0.15) is 5.75 Å². The molecule has 8 heteroatoms. The highest BCUT2D eigenvalue weighted by molar-refractivity contribution is 7.88. The van der Waals surface area contributed by atoms with E-state index < -0.39 is 16.1 Å². The molecule has 1 saturated heterocycles. The number of rotatable bonds is 5. The first kappa shape index (κ1) is 19.2. The minimum atomic E-state index is -3.22. The Labute approximate surface area is 148 Å². The van der Waals surface area contributed by atoms with E-state index in [4.69, 9.17) is 10.00 Å². The lowest BCUT2D eigenvalue weighted by molar-refractivity contribution is -0.139. The smallest absolute Gasteiger partial charge is 0.263 e. The van der Waals surface area contributed by atoms with Crippen molar-refractivity contribution >= 4 is 15.9 Å². The number of carbonyl (C=O) groups is 1. The molecule has 2 rings (SSSR count). The van der Waals surface area contributed by atoms with Gasteiger partial charge in [-0.1, -0.05) is 0 Å². The summed E-state index contributed by atoms with van der Waals surface area (Å²) in [5.41, 5.74) is 0.531. The van der Waals surface area contributed by atoms with Gasteiger partial charge in [-0.3, -0.25) is 4.79 Å². The lowest BCUT2D eigenvalue weighted by Gasteiger charge is -2.36. The molecule has 1 aliphatic rings. The average molecular weight is 365 g/mol. The molecule has 7 nitrogen and oxygen atoms in total. The number of nitriles is 1. The van der Waals surface area contributed by atoms with Crippen molar-refractivity contribution in [2.24, 2.45) is 0 Å². The van der Waals surface area contributed by atoms with Crippen LogP contribution in [0.3, 0.4) is 0 Å². The van der Waals surface area contributed by atoms with Crippen LogP contribution in [0, 0.1) is 11.3 Å². The minimum Gasteiger partial charge on any atom is -0.481 e. The van der Waals surface area contributed by atoms with Gasteiger partial charge in [-0.2, -0.15) is 5.26 Å². The summed E-state index contributed by atoms with van der Waals surface area (Å²) in [6.45, 7) is 2.70. The second kappa shape index (κ2) is 7.85. The van der Waals surface area contributed by atoms with E-state index in [1.165, 1.54) is 10.6 Å². The summed E-state index contributed by atoms with van der Waals surface area (Å²) in [7, 11) is -1.64. The number of carbonyl (C=O) groups excluding carboxylic acids is 1. The molecule has 0 radical (unpaired) electrons. The van der Waals surface area contributed by atoms with Crippen molar-refractivity contribution in [1.29, 1.82) is 5.26 Å². The third-order valence-corrected chi connectivity index (χ3v) is 5.80. The van der Waals surface area contributed by atoms with Crippen LogP contribution in [0.1, 0.15) is 25.3 Å². The van der Waals surface area contributed by atoms with Crippen LogP contribution in [0.5, 0.6) is 5.75 Å². The van der Waals surface area contributed by atoms with Crippen molar-refractivity contribution in [2.45, 2.75) is 31.9 Å². The molecule has 1 aromatic carbocycles. The molecule has 25 heavy (non-hydrogen) atoms. The van der Waals surface area contributed by atoms with Crippen LogP contribution in [0.15, 0.2) is 24.3 Å². The molecular formula is C17H23N3O4S. The molecule has 0 bridgehead atoms. The maximum atomic E-state index is 12.5. The normalized spacial score (nSPS) is 17.2. The van der Waals surface area contributed by atoms with Gasteiger partial charge in [0.2, 0.25) is 10.0 Å². The number of benzene rings is 1. The molecule has 0 aliphatic carbocycles. The Kier molecular flexibility index (Phi) is 6.03. The SMILES string of the molecule is C[C@@H](Oc1ccc(C#N)cc1)C(=O)N1CCC(N(C)S(C)(=O)=O)CC1. The molecule has 0 aromatic heterocycles. The van der Waals surface area contributed by atoms with Gasteiger partial charge in [-0.25, -0.2) is 12.7 Å². The number of hydrogen-bond donors (Lipinski definition) is 0. The molecule has 1 heterocycles. The Morgan fingerprint density at radius 3 is 2.36 bits per heavy atom. The van der Waals surface area contributed by atoms with Gasteiger partial charge in [0, 0.05) is 26.2 Å². The van der Waals surface area contributed by atoms with Gasteiger partial charge in [-0.15, -0.1) is 0 Å². The van der Waals surface area contributed by atoms with Crippen molar-refractivity contribution < 1.29 is 17.9 Å². The summed E-state index contributed by atoms with van der Waals surface area (Å²) in [6, 6.07) is 8.55. The van der Waals surface area contributed by atoms with Crippen LogP contribution in [0.2, 0.25) is 0 Å². The van der Waals surface area contributed by atoms with Crippen LogP contribution < -0.4 is 4.74 Å². The zero-order valence-electron chi connectivity index (χ0n) is 14.7. The molecule has 1 amide bonds. The number of hydrogen-bond acceptors (Lipinski definition) is 5. The molecule has 0 unspecified atom stereocenters. The second-order valence-corrected chi connectivity index (χ2v) is 8.27. The Morgan fingerprint density at radius 1 is 1.32 bits per heavy atom. The topological polar surface area (TPSA) is 90.7 Å². The first-order valence-electron chi connectivity index (χ1n) is 8.11. The molecule has 0 N–H and O–H groups in total. The van der Waals surface area contributed by atoms with E-state index in [0.717, 1.165) is 0 Å². The first-order chi connectivity index (χ1) is 11.7. The third-order valence-electron chi connectivity index (χ3n) is 4.46. The number of ether oxygens (including phenoxy) is 1. The van der Waals surface area contributed by atoms with Crippen LogP contribution in [-0.2, 0) is 14.8 Å². The van der Waals surface area contributed by atoms with Crippen LogP contribution in [-0.4, -0.2) is 62.1 Å². The van der Waals surface area contributed by atoms with Crippen molar-refractivity contribution in [3.8, 4) is 11.8 Å². The zero-order chi connectivity index (χ0) is 18.6. The maximum Gasteiger partial charge on any atom is 0.263 e. The standard InChI is InChI=1S/C17H23N3O4S/c1-13(24-16-6-4-14(12-18)5-7-16)17(21)20-10-8-15(9-11-20)19(2)25(3,22)23/h4-7,13,15H,8-11H2,1-3H3/t13-/m1/s1. The predicted octanol–water partition coefficient (Wildman–Crippen LogP) is 1.21. The lowest BCUT2D eigenvalue weighted by atomic mass is 10.0. The summed E-state index contributed by atoms with van der Waals surface area (Å²) in [6.07, 6.45) is 1.77. The monoisotopic (exact) mass is 365 g/mol. The highest BCUT2D eigenvalue weighted by atomic mass is 32.2. The lowest BCUT2D eigenvalue weighted by Crippen LogP contribution is -2.49. The molecule has 1 aliphatic heterocycles. The summed E-state index contributed by atoms with van der Waals surface area (Å²) in [5.74, 6) is 0.413. The van der Waals surface area contributed by atoms with Gasteiger partial charge < -0.3 is 9.64 Å². The van der Waals surface area contributed by atoms with Gasteiger partial charge in [-0.05, 0) is 44.0 Å². The van der Waals surface area contributed by atoms with Gasteiger partial charge in [0.05, 0.1) is 17.9 Å². The maximum absolute atomic E-state index is 12.5. The Morgan fingerprint density at radius 2 is 1.88 bits per heavy atom. The van der Waals surface area contributed by atoms with Crippen molar-refractivity contribution in [2.75, 3.05) is 26.4 Å². The second-order valence-electron chi connectivity index (χ2n) is 6.23. The summed E-state index contributed by atoms with van der Waals surface area (Å²) in [4.78, 5) is 14.2. The number of sulfonamides is 1. The Bertz CT molecular complexity index is 747. The van der Waals surface area contributed by atoms with Crippen molar-refractivity contribution in [3.63, 3.8) is 0 Å². The molecular weight excluding hydrogens is 342 g/mol. The Balaban J connectivity index is 1.90. The first-order valence-corrected chi connectivity index (χ1v) is 9.96. The quantitative estimate of drug-likeness (QED) is 0.782. The van der Waals surface area contributed by atoms with E-state index in [1.807, 2.05) is 6.07 Å². The minimum absolute atomic E-state index is 0.0752. The molecule has 1 fully saturated rings. The van der Waals surface area contributed by atoms with Crippen LogP contribution in [0.4, 0.5) is 0 Å². The highest BCUT2D eigenvalue weighted by Crippen LogP contribution is 2.20. The molecule has 1 atom stereocenters. The highest BCUT2D eigenvalue weighted by Gasteiger charge is 2.31. The molecule has 1 aromatic rings. The fourth-order valence-electron chi connectivity index (χ4n) is 2.84. The van der Waals surface area contributed by atoms with Crippen molar-refractivity contribution in [3.05, 3.63) is 29.8 Å². The molecule has 136 valence electrons. The van der Waals surface area contributed by atoms with Gasteiger partial charge in [0.15, 0.2) is 6.10 Å². The summed E-state index contributed by atoms with van der Waals surface area (Å²) >= 11 is 0. The summed E-state index contributed by atoms with van der Waals surface area (Å²) < 4.78 is 30.2. The molecule has 0 spiro atoms. The largest absolute Gasteiger partial charge is 0.481 e. The van der Waals surface area contributed by atoms with E-state index in [0.29, 0.717) is 37.2 Å². The number of likely N-dealkylation sites (tertiary alicyclic amines) is 1. The molecule has 0 saturated carbocycles. The summed E-state index contributed by atoms with van der Waals surface area (Å²) in [5, 5.41) is 8.79. The average Bonchev–Trinajstić information content (AvgIpc) is 2.60. The van der Waals surface area contributed by atoms with E-state index in [9.17, 15) is 13.2 Å². The fourth-order valence-corrected chi connectivity index (χ4v) is 3.59. The Hall–Kier alpha value is -2.11. The zero-order valence-corrected chi connectivity index (χ0v) is 15.5. The number of amides is 1. The van der Waals surface area contributed by atoms with Crippen LogP contribution >= 0.6 is 0 Å². The van der Waals surface area contributed by atoms with Gasteiger partial charge in [0.25, 0.3) is 5.91 Å². The fraction of sp³-hybridized carbons (Fsp3) is 0.529. The van der Waals surface area contributed by atoms with Crippen LogP contribution in [0.25, 0.3) is 0 Å².